The van der Waals surface area contributed by atoms with Crippen molar-refractivity contribution in [1.82, 2.24) is 14.8 Å². The summed E-state index contributed by atoms with van der Waals surface area (Å²) in [5.41, 5.74) is -1.84. The second kappa shape index (κ2) is 8.74. The molecule has 4 rings (SSSR count). The summed E-state index contributed by atoms with van der Waals surface area (Å²) in [5.74, 6) is -4.71. The summed E-state index contributed by atoms with van der Waals surface area (Å²) in [5, 5.41) is 12.8. The van der Waals surface area contributed by atoms with Gasteiger partial charge in [-0.3, -0.25) is 19.2 Å². The fourth-order valence-corrected chi connectivity index (χ4v) is 4.26. The molecule has 0 bridgehead atoms. The number of piperidine rings is 1. The molecule has 0 saturated carbocycles. The maximum atomic E-state index is 13.8. The number of ketones is 1. The smallest absolute Gasteiger partial charge is 0.275 e. The molecule has 3 heterocycles. The summed E-state index contributed by atoms with van der Waals surface area (Å²) >= 11 is 0. The summed E-state index contributed by atoms with van der Waals surface area (Å²) < 4.78 is 33.2. The average Bonchev–Trinajstić information content (AvgIpc) is 2.77. The van der Waals surface area contributed by atoms with Gasteiger partial charge in [0.2, 0.25) is 5.43 Å². The lowest BCUT2D eigenvalue weighted by molar-refractivity contribution is -0.133. The van der Waals surface area contributed by atoms with Crippen LogP contribution in [-0.4, -0.2) is 58.5 Å². The molecule has 33 heavy (non-hydrogen) atoms. The Balaban J connectivity index is 1.62. The number of carbonyl (C=O) groups is 3. The molecule has 2 N–H and O–H groups in total. The number of benzene rings is 1. The van der Waals surface area contributed by atoms with Crippen molar-refractivity contribution in [2.75, 3.05) is 20.3 Å². The van der Waals surface area contributed by atoms with E-state index in [1.165, 1.54) is 16.6 Å². The van der Waals surface area contributed by atoms with Crippen LogP contribution in [0.2, 0.25) is 0 Å². The van der Waals surface area contributed by atoms with E-state index in [1.807, 2.05) is 0 Å². The van der Waals surface area contributed by atoms with Crippen LogP contribution in [0.5, 0.6) is 5.75 Å². The molecule has 0 radical (unpaired) electrons. The Kier molecular flexibility index (Phi) is 5.98. The topological polar surface area (TPSA) is 118 Å². The Morgan fingerprint density at radius 3 is 2.73 bits per heavy atom. The summed E-state index contributed by atoms with van der Waals surface area (Å²) in [4.78, 5) is 52.3. The number of hydrogen-bond acceptors (Lipinski definition) is 6. The molecular formula is C22H21F2N3O6. The van der Waals surface area contributed by atoms with Gasteiger partial charge in [-0.15, -0.1) is 0 Å². The molecule has 0 aliphatic carbocycles. The average molecular weight is 461 g/mol. The number of hydrogen-bond donors (Lipinski definition) is 2. The molecule has 11 heteroatoms. The maximum Gasteiger partial charge on any atom is 0.275 e. The van der Waals surface area contributed by atoms with Gasteiger partial charge in [-0.2, -0.15) is 0 Å². The molecule has 2 amide bonds. The highest BCUT2D eigenvalue weighted by Gasteiger charge is 2.44. The normalized spacial score (nSPS) is 19.8. The van der Waals surface area contributed by atoms with Crippen LogP contribution in [0, 0.1) is 17.6 Å². The third kappa shape index (κ3) is 3.99. The third-order valence-corrected chi connectivity index (χ3v) is 5.98. The molecule has 1 saturated heterocycles. The molecule has 1 aromatic heterocycles. The van der Waals surface area contributed by atoms with E-state index in [1.54, 1.807) is 0 Å². The zero-order chi connectivity index (χ0) is 23.9. The number of rotatable bonds is 5. The fraction of sp³-hybridized carbons (Fsp3) is 0.364. The second-order valence-electron chi connectivity index (χ2n) is 8.00. The lowest BCUT2D eigenvalue weighted by Crippen LogP contribution is -2.58. The summed E-state index contributed by atoms with van der Waals surface area (Å²) in [6.07, 6.45) is 1.51. The van der Waals surface area contributed by atoms with Crippen LogP contribution in [-0.2, 0) is 22.6 Å². The Labute approximate surface area is 186 Å². The molecule has 1 aromatic carbocycles. The Bertz CT molecular complexity index is 1210. The van der Waals surface area contributed by atoms with Crippen LogP contribution >= 0.6 is 0 Å². The first-order valence-corrected chi connectivity index (χ1v) is 10.2. The van der Waals surface area contributed by atoms with Gasteiger partial charge >= 0.3 is 0 Å². The first-order chi connectivity index (χ1) is 15.7. The van der Waals surface area contributed by atoms with Crippen LogP contribution in [0.15, 0.2) is 29.2 Å². The van der Waals surface area contributed by atoms with Crippen molar-refractivity contribution in [1.29, 1.82) is 0 Å². The minimum absolute atomic E-state index is 0.00478. The number of Topliss-reactive ketones (excluding diaryl/α,β-unsaturated/α-hetero) is 1. The zero-order valence-corrected chi connectivity index (χ0v) is 17.6. The molecule has 2 aliphatic rings. The molecule has 0 spiro atoms. The highest BCUT2D eigenvalue weighted by atomic mass is 19.1. The zero-order valence-electron chi connectivity index (χ0n) is 17.6. The molecule has 174 valence electrons. The third-order valence-electron chi connectivity index (χ3n) is 5.98. The number of halogens is 2. The van der Waals surface area contributed by atoms with Crippen molar-refractivity contribution in [3.8, 4) is 5.75 Å². The maximum absolute atomic E-state index is 13.8. The fourth-order valence-electron chi connectivity index (χ4n) is 4.26. The van der Waals surface area contributed by atoms with Gasteiger partial charge in [0, 0.05) is 43.9 Å². The van der Waals surface area contributed by atoms with Crippen molar-refractivity contribution in [3.05, 3.63) is 63.1 Å². The number of methoxy groups -OCH3 is 1. The van der Waals surface area contributed by atoms with Gasteiger partial charge in [0.05, 0.1) is 13.2 Å². The Hall–Kier alpha value is -3.60. The molecule has 2 atom stereocenters. The van der Waals surface area contributed by atoms with Crippen LogP contribution in [0.4, 0.5) is 8.78 Å². The summed E-state index contributed by atoms with van der Waals surface area (Å²) in [6.45, 7) is 0.107. The molecule has 0 unspecified atom stereocenters. The van der Waals surface area contributed by atoms with Gasteiger partial charge in [-0.25, -0.2) is 8.78 Å². The van der Waals surface area contributed by atoms with E-state index in [0.29, 0.717) is 12.5 Å². The highest BCUT2D eigenvalue weighted by Crippen LogP contribution is 2.29. The molecular weight excluding hydrogens is 440 g/mol. The van der Waals surface area contributed by atoms with Gasteiger partial charge in [0.1, 0.15) is 23.2 Å². The van der Waals surface area contributed by atoms with Crippen molar-refractivity contribution in [3.63, 3.8) is 0 Å². The van der Waals surface area contributed by atoms with Crippen LogP contribution in [0.3, 0.4) is 0 Å². The van der Waals surface area contributed by atoms with Crippen molar-refractivity contribution >= 4 is 17.6 Å². The quantitative estimate of drug-likeness (QED) is 0.681. The van der Waals surface area contributed by atoms with Gasteiger partial charge in [-0.05, 0) is 12.5 Å². The number of nitrogens with one attached hydrogen (secondary N) is 1. The van der Waals surface area contributed by atoms with E-state index >= 15 is 0 Å². The van der Waals surface area contributed by atoms with Crippen LogP contribution < -0.4 is 10.7 Å². The lowest BCUT2D eigenvalue weighted by Gasteiger charge is -2.42. The number of aromatic hydroxyl groups is 1. The predicted octanol–water partition coefficient (Wildman–Crippen LogP) is 0.822. The number of aromatic nitrogens is 1. The Morgan fingerprint density at radius 1 is 1.27 bits per heavy atom. The summed E-state index contributed by atoms with van der Waals surface area (Å²) in [7, 11) is 1.48. The molecule has 2 aliphatic heterocycles. The van der Waals surface area contributed by atoms with E-state index < -0.39 is 46.2 Å². The van der Waals surface area contributed by atoms with Crippen LogP contribution in [0.1, 0.15) is 32.8 Å². The van der Waals surface area contributed by atoms with Crippen molar-refractivity contribution < 1.29 is 33.0 Å². The van der Waals surface area contributed by atoms with Gasteiger partial charge in [0.25, 0.3) is 11.8 Å². The summed E-state index contributed by atoms with van der Waals surface area (Å²) in [6, 6.07) is 2.03. The number of ether oxygens (including phenoxy) is 1. The van der Waals surface area contributed by atoms with Crippen molar-refractivity contribution in [2.45, 2.75) is 25.6 Å². The SMILES string of the molecule is COC[C@H]1CCN2C(=O)c3c(O)c(=O)c(C(=O)NCc4ccc(F)cc4F)cn3C[C@@H]2C1=O. The molecule has 9 nitrogen and oxygen atoms in total. The van der Waals surface area contributed by atoms with Crippen LogP contribution in [0.25, 0.3) is 0 Å². The predicted molar refractivity (Wildman–Crippen MR) is 110 cm³/mol. The van der Waals surface area contributed by atoms with Crippen molar-refractivity contribution in [2.24, 2.45) is 5.92 Å². The van der Waals surface area contributed by atoms with Gasteiger partial charge in [-0.1, -0.05) is 6.07 Å². The number of carbonyl (C=O) groups excluding carboxylic acids is 3. The molecule has 1 fully saturated rings. The van der Waals surface area contributed by atoms with E-state index in [4.69, 9.17) is 4.74 Å². The number of fused-ring (bicyclic) bond motifs is 2. The Morgan fingerprint density at radius 2 is 2.03 bits per heavy atom. The van der Waals surface area contributed by atoms with E-state index in [0.717, 1.165) is 18.3 Å². The second-order valence-corrected chi connectivity index (χ2v) is 8.00. The largest absolute Gasteiger partial charge is 0.503 e. The lowest BCUT2D eigenvalue weighted by atomic mass is 9.88. The number of pyridine rings is 1. The first kappa shape index (κ1) is 22.6. The highest BCUT2D eigenvalue weighted by molar-refractivity contribution is 6.02. The molecule has 2 aromatic rings. The first-order valence-electron chi connectivity index (χ1n) is 10.2. The van der Waals surface area contributed by atoms with E-state index in [-0.39, 0.29) is 49.2 Å². The monoisotopic (exact) mass is 461 g/mol. The van der Waals surface area contributed by atoms with E-state index in [9.17, 15) is 33.1 Å². The number of nitrogens with zero attached hydrogens (tertiary/aromatic N) is 2. The van der Waals surface area contributed by atoms with Gasteiger partial charge < -0.3 is 24.6 Å². The van der Waals surface area contributed by atoms with E-state index in [2.05, 4.69) is 5.32 Å². The number of amides is 2. The standard InChI is InChI=1S/C22H21F2N3O6/c1-33-10-12-4-5-27-16(18(12)28)9-26-8-14(19(29)20(30)17(26)22(27)32)21(31)25-7-11-2-3-13(23)6-15(11)24/h2-3,6,8,12,16,30H,4-5,7,9-10H2,1H3,(H,25,31)/t12-,16-/m1/s1. The van der Waals surface area contributed by atoms with Gasteiger partial charge in [0.15, 0.2) is 17.2 Å². The minimum Gasteiger partial charge on any atom is -0.503 e. The minimum atomic E-state index is -1.06.